The summed E-state index contributed by atoms with van der Waals surface area (Å²) in [7, 11) is -1.54. The molecule has 0 saturated carbocycles. The van der Waals surface area contributed by atoms with Crippen molar-refractivity contribution >= 4 is 13.1 Å². The third-order valence-electron chi connectivity index (χ3n) is 2.82. The van der Waals surface area contributed by atoms with E-state index in [-0.39, 0.29) is 25.7 Å². The zero-order chi connectivity index (χ0) is 12.3. The molecular weight excluding hydrogens is 220 g/mol. The summed E-state index contributed by atoms with van der Waals surface area (Å²) in [5, 5.41) is 37.7. The van der Waals surface area contributed by atoms with E-state index in [9.17, 15) is 14.3 Å². The minimum absolute atomic E-state index is 0.0509. The van der Waals surface area contributed by atoms with Gasteiger partial charge in [0.05, 0.1) is 0 Å². The van der Waals surface area contributed by atoms with Gasteiger partial charge < -0.3 is 20.3 Å². The van der Waals surface area contributed by atoms with E-state index in [1.165, 1.54) is 0 Å². The highest BCUT2D eigenvalue weighted by Gasteiger charge is 2.53. The van der Waals surface area contributed by atoms with E-state index in [2.05, 4.69) is 5.32 Å². The van der Waals surface area contributed by atoms with Gasteiger partial charge in [-0.05, 0) is 12.7 Å². The number of nitrogens with one attached hydrogen (secondary N) is 1. The average molecular weight is 235 g/mol. The first-order valence-electron chi connectivity index (χ1n) is 5.07. The van der Waals surface area contributed by atoms with E-state index < -0.39 is 30.9 Å². The monoisotopic (exact) mass is 235 g/mol. The smallest absolute Gasteiger partial charge is 0.451 e. The third kappa shape index (κ3) is 2.70. The van der Waals surface area contributed by atoms with Gasteiger partial charge in [0.15, 0.2) is 5.67 Å². The number of rotatable bonds is 5. The lowest BCUT2D eigenvalue weighted by atomic mass is 9.79. The van der Waals surface area contributed by atoms with Gasteiger partial charge in [-0.3, -0.25) is 10.1 Å². The van der Waals surface area contributed by atoms with Crippen molar-refractivity contribution in [3.63, 3.8) is 0 Å². The second kappa shape index (κ2) is 5.09. The zero-order valence-corrected chi connectivity index (χ0v) is 8.64. The highest BCUT2D eigenvalue weighted by atomic mass is 19.1. The molecular formula is C8H15BFNO5. The van der Waals surface area contributed by atoms with Crippen molar-refractivity contribution < 1.29 is 29.4 Å². The first-order chi connectivity index (χ1) is 7.38. The van der Waals surface area contributed by atoms with Crippen LogP contribution < -0.4 is 5.32 Å². The van der Waals surface area contributed by atoms with Crippen molar-refractivity contribution in [2.45, 2.75) is 37.0 Å². The summed E-state index contributed by atoms with van der Waals surface area (Å²) < 4.78 is 14.2. The summed E-state index contributed by atoms with van der Waals surface area (Å²) >= 11 is 0. The van der Waals surface area contributed by atoms with Crippen molar-refractivity contribution in [3.05, 3.63) is 0 Å². The van der Waals surface area contributed by atoms with Crippen LogP contribution in [0.3, 0.4) is 0 Å². The van der Waals surface area contributed by atoms with Crippen LogP contribution in [0.2, 0.25) is 6.32 Å². The Hall–Kier alpha value is -0.695. The lowest BCUT2D eigenvalue weighted by molar-refractivity contribution is -0.144. The molecule has 1 aliphatic heterocycles. The fourth-order valence-electron chi connectivity index (χ4n) is 1.92. The molecule has 5 N–H and O–H groups in total. The molecule has 0 bridgehead atoms. The predicted octanol–water partition coefficient (Wildman–Crippen LogP) is -1.64. The van der Waals surface area contributed by atoms with Crippen molar-refractivity contribution in [1.29, 1.82) is 0 Å². The van der Waals surface area contributed by atoms with Crippen LogP contribution >= 0.6 is 0 Å². The molecule has 8 heteroatoms. The van der Waals surface area contributed by atoms with Crippen LogP contribution in [0.25, 0.3) is 0 Å². The summed E-state index contributed by atoms with van der Waals surface area (Å²) in [6.45, 7) is -0.116. The van der Waals surface area contributed by atoms with Gasteiger partial charge in [0.1, 0.15) is 12.1 Å². The number of carboxylic acids is 1. The molecule has 0 aromatic heterocycles. The largest absolute Gasteiger partial charge is 0.480 e. The molecule has 1 rings (SSSR count). The Balaban J connectivity index is 2.60. The van der Waals surface area contributed by atoms with Crippen LogP contribution in [0.5, 0.6) is 0 Å². The van der Waals surface area contributed by atoms with Crippen LogP contribution in [-0.4, -0.2) is 57.7 Å². The molecule has 1 heterocycles. The zero-order valence-electron chi connectivity index (χ0n) is 8.64. The van der Waals surface area contributed by atoms with Gasteiger partial charge in [-0.25, -0.2) is 4.39 Å². The fourth-order valence-corrected chi connectivity index (χ4v) is 1.92. The highest BCUT2D eigenvalue weighted by molar-refractivity contribution is 6.40. The van der Waals surface area contributed by atoms with E-state index in [0.717, 1.165) is 0 Å². The predicted molar refractivity (Wildman–Crippen MR) is 53.5 cm³/mol. The number of aliphatic hydroxyl groups is 1. The minimum Gasteiger partial charge on any atom is -0.480 e. The lowest BCUT2D eigenvalue weighted by Crippen LogP contribution is -2.49. The molecule has 16 heavy (non-hydrogen) atoms. The molecule has 0 radical (unpaired) electrons. The molecule has 6 nitrogen and oxygen atoms in total. The van der Waals surface area contributed by atoms with Crippen LogP contribution in [0, 0.1) is 0 Å². The number of alkyl halides is 1. The van der Waals surface area contributed by atoms with Crippen LogP contribution in [0.15, 0.2) is 0 Å². The Bertz CT molecular complexity index is 267. The normalized spacial score (nSPS) is 34.0. The van der Waals surface area contributed by atoms with E-state index >= 15 is 0 Å². The van der Waals surface area contributed by atoms with Gasteiger partial charge in [0.25, 0.3) is 0 Å². The number of carbonyl (C=O) groups is 1. The molecule has 0 spiro atoms. The molecule has 0 amide bonds. The van der Waals surface area contributed by atoms with E-state index in [4.69, 9.17) is 15.2 Å². The van der Waals surface area contributed by atoms with Gasteiger partial charge in [0.2, 0.25) is 0 Å². The van der Waals surface area contributed by atoms with Crippen LogP contribution in [0.4, 0.5) is 4.39 Å². The van der Waals surface area contributed by atoms with Crippen molar-refractivity contribution in [3.8, 4) is 0 Å². The van der Waals surface area contributed by atoms with Gasteiger partial charge in [-0.1, -0.05) is 6.42 Å². The maximum atomic E-state index is 14.2. The summed E-state index contributed by atoms with van der Waals surface area (Å²) in [6, 6.07) is -1.45. The maximum Gasteiger partial charge on any atom is 0.451 e. The lowest BCUT2D eigenvalue weighted by Gasteiger charge is -2.26. The van der Waals surface area contributed by atoms with Crippen molar-refractivity contribution in [2.24, 2.45) is 0 Å². The topological polar surface area (TPSA) is 110 Å². The number of carboxylic acid groups (broad SMARTS) is 1. The van der Waals surface area contributed by atoms with Gasteiger partial charge >= 0.3 is 13.1 Å². The first-order valence-corrected chi connectivity index (χ1v) is 5.07. The molecule has 1 fully saturated rings. The highest BCUT2D eigenvalue weighted by Crippen LogP contribution is 2.32. The number of β-amino-alcohol motifs (C(OH)–C–C–N with tert-alkyl or cyclic N) is 1. The summed E-state index contributed by atoms with van der Waals surface area (Å²) in [5.74, 6) is -1.36. The fraction of sp³-hybridized carbons (Fsp3) is 0.875. The second-order valence-corrected chi connectivity index (χ2v) is 3.99. The van der Waals surface area contributed by atoms with E-state index in [1.54, 1.807) is 0 Å². The molecule has 0 aromatic carbocycles. The maximum absolute atomic E-state index is 14.2. The standard InChI is InChI=1S/C8H15BFNO5/c10-8(2-1-3-9(15)16)5(12)4-11-6(8)7(13)14/h5-6,11-12,15-16H,1-4H2,(H,13,14)/t5-,6-,8+/m1/s1. The molecule has 1 aliphatic rings. The second-order valence-electron chi connectivity index (χ2n) is 3.99. The van der Waals surface area contributed by atoms with Gasteiger partial charge in [-0.2, -0.15) is 0 Å². The van der Waals surface area contributed by atoms with Gasteiger partial charge in [-0.15, -0.1) is 0 Å². The molecule has 92 valence electrons. The van der Waals surface area contributed by atoms with Crippen molar-refractivity contribution in [1.82, 2.24) is 5.32 Å². The summed E-state index contributed by atoms with van der Waals surface area (Å²) in [4.78, 5) is 10.7. The average Bonchev–Trinajstić information content (AvgIpc) is 2.43. The molecule has 0 aliphatic carbocycles. The number of aliphatic carboxylic acids is 1. The summed E-state index contributed by atoms with van der Waals surface area (Å²) in [6.07, 6.45) is -1.57. The molecule has 3 atom stereocenters. The Labute approximate surface area is 92.2 Å². The Kier molecular flexibility index (Phi) is 4.25. The van der Waals surface area contributed by atoms with Gasteiger partial charge in [0, 0.05) is 6.54 Å². The van der Waals surface area contributed by atoms with Crippen LogP contribution in [-0.2, 0) is 4.79 Å². The van der Waals surface area contributed by atoms with Crippen LogP contribution in [0.1, 0.15) is 12.8 Å². The number of hydrogen-bond donors (Lipinski definition) is 5. The quantitative estimate of drug-likeness (QED) is 0.366. The third-order valence-corrected chi connectivity index (χ3v) is 2.82. The first kappa shape index (κ1) is 13.4. The Morgan fingerprint density at radius 1 is 1.56 bits per heavy atom. The molecule has 0 aromatic rings. The molecule has 0 unspecified atom stereocenters. The van der Waals surface area contributed by atoms with E-state index in [0.29, 0.717) is 0 Å². The number of hydrogen-bond acceptors (Lipinski definition) is 5. The Morgan fingerprint density at radius 2 is 2.19 bits per heavy atom. The minimum atomic E-state index is -2.25. The SMILES string of the molecule is O=C(O)[C@H]1NC[C@@H](O)[C@@]1(F)CCCB(O)O. The summed E-state index contributed by atoms with van der Waals surface area (Å²) in [5.41, 5.74) is -2.25. The number of aliphatic hydroxyl groups excluding tert-OH is 1. The van der Waals surface area contributed by atoms with E-state index in [1.807, 2.05) is 0 Å². The van der Waals surface area contributed by atoms with Crippen molar-refractivity contribution in [2.75, 3.05) is 6.54 Å². The Morgan fingerprint density at radius 3 is 2.69 bits per heavy atom. The molecule has 1 saturated heterocycles. The number of halogens is 1.